The summed E-state index contributed by atoms with van der Waals surface area (Å²) in [6.45, 7) is 8.63. The van der Waals surface area contributed by atoms with Crippen LogP contribution < -0.4 is 0 Å². The maximum atomic E-state index is 12.9. The van der Waals surface area contributed by atoms with Crippen molar-refractivity contribution in [3.05, 3.63) is 133 Å². The predicted octanol–water partition coefficient (Wildman–Crippen LogP) is 7.54. The Morgan fingerprint density at radius 1 is 0.812 bits per heavy atom. The number of imidazole rings is 2. The molecule has 0 aliphatic carbocycles. The van der Waals surface area contributed by atoms with E-state index in [1.165, 1.54) is 18.2 Å². The molecule has 0 unspecified atom stereocenters. The number of halogens is 3. The minimum Gasteiger partial charge on any atom is -0.512 e. The van der Waals surface area contributed by atoms with E-state index >= 15 is 0 Å². The van der Waals surface area contributed by atoms with E-state index in [9.17, 15) is 19.8 Å². The largest absolute Gasteiger partial charge is 1.00 e. The summed E-state index contributed by atoms with van der Waals surface area (Å²) in [6.07, 6.45) is 4.84. The molecule has 0 saturated heterocycles. The Labute approximate surface area is 309 Å². The predicted molar refractivity (Wildman–Crippen MR) is 185 cm³/mol. The maximum absolute atomic E-state index is 12.9. The van der Waals surface area contributed by atoms with E-state index in [1.807, 2.05) is 85.1 Å². The van der Waals surface area contributed by atoms with Gasteiger partial charge in [-0.1, -0.05) is 49.2 Å². The van der Waals surface area contributed by atoms with E-state index in [-0.39, 0.29) is 61.3 Å². The third-order valence-electron chi connectivity index (χ3n) is 7.03. The molecule has 246 valence electrons. The number of phenols is 2. The van der Waals surface area contributed by atoms with E-state index in [0.717, 1.165) is 11.3 Å². The van der Waals surface area contributed by atoms with Crippen molar-refractivity contribution in [2.45, 2.75) is 26.7 Å². The molecule has 4 aromatic heterocycles. The van der Waals surface area contributed by atoms with Crippen LogP contribution in [0.5, 0.6) is 11.5 Å². The minimum absolute atomic E-state index is 0. The molecule has 0 bridgehead atoms. The summed E-state index contributed by atoms with van der Waals surface area (Å²) in [5.41, 5.74) is 4.45. The Hall–Kier alpha value is -4.43. The molecule has 0 spiro atoms. The summed E-state index contributed by atoms with van der Waals surface area (Å²) >= 11 is 13.9. The van der Waals surface area contributed by atoms with Crippen molar-refractivity contribution >= 4 is 68.7 Å². The van der Waals surface area contributed by atoms with Gasteiger partial charge < -0.3 is 22.0 Å². The Bertz CT molecular complexity index is 2200. The first-order valence-electron chi connectivity index (χ1n) is 13.9. The molecule has 0 fully saturated rings. The van der Waals surface area contributed by atoms with Crippen LogP contribution in [-0.4, -0.2) is 40.5 Å². The number of fused-ring (bicyclic) bond motifs is 2. The molecule has 2 aromatic carbocycles. The van der Waals surface area contributed by atoms with Gasteiger partial charge in [-0.15, -0.1) is 0 Å². The van der Waals surface area contributed by atoms with Crippen LogP contribution in [0.25, 0.3) is 11.3 Å². The number of carbonyl (C=O) groups excluding carboxylic acids is 2. The van der Waals surface area contributed by atoms with Crippen LogP contribution in [0.15, 0.2) is 73.1 Å². The fourth-order valence-electron chi connectivity index (χ4n) is 4.85. The number of nitrogens with zero attached hydrogens (tertiary/aromatic N) is 6. The first kappa shape index (κ1) is 38.0. The van der Waals surface area contributed by atoms with Gasteiger partial charge in [-0.05, 0) is 84.0 Å². The molecule has 14 heteroatoms. The summed E-state index contributed by atoms with van der Waals surface area (Å²) in [5, 5.41) is 34.9. The number of hydrogen-bond acceptors (Lipinski definition) is 8. The van der Waals surface area contributed by atoms with Gasteiger partial charge in [-0.3, -0.25) is 18.4 Å². The zero-order chi connectivity index (χ0) is 34.4. The molecule has 6 aromatic rings. The van der Waals surface area contributed by atoms with E-state index < -0.39 is 0 Å². The van der Waals surface area contributed by atoms with E-state index in [2.05, 4.69) is 9.97 Å². The van der Waals surface area contributed by atoms with Crippen molar-refractivity contribution in [1.29, 1.82) is 10.5 Å². The van der Waals surface area contributed by atoms with Gasteiger partial charge in [0.25, 0.3) is 0 Å². The van der Waals surface area contributed by atoms with Gasteiger partial charge in [0.2, 0.25) is 11.6 Å². The third-order valence-corrected chi connectivity index (χ3v) is 8.43. The normalized spacial score (nSPS) is 10.2. The molecular weight excluding hydrogens is 818 g/mol. The van der Waals surface area contributed by atoms with Crippen molar-refractivity contribution in [3.8, 4) is 17.6 Å². The number of nitriles is 1. The minimum atomic E-state index is -0.320. The van der Waals surface area contributed by atoms with Gasteiger partial charge >= 0.3 is 17.1 Å². The molecule has 0 amide bonds. The van der Waals surface area contributed by atoms with Gasteiger partial charge in [-0.25, -0.2) is 9.97 Å². The molecular formula is C34H24Cl2CuIN6O4. The first-order chi connectivity index (χ1) is 22.6. The summed E-state index contributed by atoms with van der Waals surface area (Å²) in [7, 11) is 0. The number of aromatic hydroxyl groups is 2. The SMILES string of the molecule is CCc1nc2ccccn2c1C(=O)c1cc(Cl)c(O)c(C#N)c1.CCc1nc2ccccn2c1C(=O)c1cc(Cl)c(O)c(I)c1.[C-]#N.[Cu+]. The van der Waals surface area contributed by atoms with Crippen molar-refractivity contribution in [3.63, 3.8) is 0 Å². The van der Waals surface area contributed by atoms with Gasteiger partial charge in [0.15, 0.2) is 5.75 Å². The van der Waals surface area contributed by atoms with E-state index in [1.54, 1.807) is 21.1 Å². The zero-order valence-electron chi connectivity index (χ0n) is 25.2. The smallest absolute Gasteiger partial charge is 0.512 e. The average Bonchev–Trinajstić information content (AvgIpc) is 3.67. The molecule has 10 nitrogen and oxygen atoms in total. The monoisotopic (exact) mass is 840 g/mol. The van der Waals surface area contributed by atoms with Crippen LogP contribution in [0.1, 0.15) is 62.9 Å². The second-order valence-corrected chi connectivity index (χ2v) is 11.8. The topological polar surface area (TPSA) is 157 Å². The van der Waals surface area contributed by atoms with Gasteiger partial charge in [0.1, 0.15) is 34.5 Å². The van der Waals surface area contributed by atoms with E-state index in [4.69, 9.17) is 40.3 Å². The number of phenolic OH excluding ortho intramolecular Hbond substituents is 2. The summed E-state index contributed by atoms with van der Waals surface area (Å²) in [5.74, 6) is -0.776. The average molecular weight is 842 g/mol. The standard InChI is InChI=1S/C17H12ClN3O2.C16H12ClIN2O2.CN.Cu/c1-2-13-15(21-6-4-3-5-14(21)20-13)17(23)10-7-11(9-19)16(22)12(18)8-10;1-2-12-14(20-6-4-3-5-13(20)19-12)15(21)9-7-10(17)16(22)11(18)8-9;1-2;/h3-8,22H,2H2,1H3;3-8,22H,2H2,1H3;;/q;;-1;+1. The van der Waals surface area contributed by atoms with Crippen molar-refractivity contribution < 1.29 is 36.9 Å². The van der Waals surface area contributed by atoms with E-state index in [0.29, 0.717) is 44.7 Å². The molecule has 0 aliphatic heterocycles. The van der Waals surface area contributed by atoms with Crippen molar-refractivity contribution in [2.24, 2.45) is 0 Å². The number of hydrogen-bond donors (Lipinski definition) is 2. The molecule has 6 rings (SSSR count). The number of pyridine rings is 2. The molecule has 2 N–H and O–H groups in total. The van der Waals surface area contributed by atoms with Crippen LogP contribution >= 0.6 is 45.8 Å². The first-order valence-corrected chi connectivity index (χ1v) is 15.8. The van der Waals surface area contributed by atoms with Crippen LogP contribution in [0.2, 0.25) is 10.0 Å². The third kappa shape index (κ3) is 7.49. The summed E-state index contributed by atoms with van der Waals surface area (Å²) in [6, 6.07) is 18.7. The van der Waals surface area contributed by atoms with Crippen LogP contribution in [0.4, 0.5) is 0 Å². The quantitative estimate of drug-likeness (QED) is 0.0754. The van der Waals surface area contributed by atoms with Crippen molar-refractivity contribution in [2.75, 3.05) is 0 Å². The number of ketones is 2. The summed E-state index contributed by atoms with van der Waals surface area (Å²) in [4.78, 5) is 34.8. The van der Waals surface area contributed by atoms with Gasteiger partial charge in [-0.2, -0.15) is 5.26 Å². The number of carbonyl (C=O) groups is 2. The van der Waals surface area contributed by atoms with Crippen molar-refractivity contribution in [1.82, 2.24) is 18.8 Å². The van der Waals surface area contributed by atoms with Crippen LogP contribution in [0, 0.1) is 26.7 Å². The number of rotatable bonds is 6. The Morgan fingerprint density at radius 3 is 1.67 bits per heavy atom. The summed E-state index contributed by atoms with van der Waals surface area (Å²) < 4.78 is 4.04. The molecule has 0 radical (unpaired) electrons. The van der Waals surface area contributed by atoms with Gasteiger partial charge in [0, 0.05) is 23.5 Å². The number of aromatic nitrogens is 4. The fraction of sp³-hybridized carbons (Fsp3) is 0.118. The Morgan fingerprint density at radius 2 is 1.25 bits per heavy atom. The Balaban J connectivity index is 0.000000243. The Kier molecular flexibility index (Phi) is 13.1. The second-order valence-electron chi connectivity index (χ2n) is 9.79. The fourth-order valence-corrected chi connectivity index (χ4v) is 6.07. The molecule has 0 saturated carbocycles. The number of benzene rings is 2. The zero-order valence-corrected chi connectivity index (χ0v) is 29.8. The van der Waals surface area contributed by atoms with Gasteiger partial charge in [0.05, 0.1) is 30.6 Å². The molecule has 48 heavy (non-hydrogen) atoms. The van der Waals surface area contributed by atoms with Crippen LogP contribution in [-0.2, 0) is 29.9 Å². The molecule has 4 heterocycles. The van der Waals surface area contributed by atoms with Crippen LogP contribution in [0.3, 0.4) is 0 Å². The molecule has 0 aliphatic rings. The second kappa shape index (κ2) is 16.6. The maximum Gasteiger partial charge on any atom is 1.00 e. The number of aryl methyl sites for hydroxylation is 2. The molecule has 0 atom stereocenters.